The van der Waals surface area contributed by atoms with Crippen LogP contribution in [-0.4, -0.2) is 25.7 Å². The van der Waals surface area contributed by atoms with Gasteiger partial charge in [0, 0.05) is 10.7 Å². The van der Waals surface area contributed by atoms with E-state index in [2.05, 4.69) is 20.6 Å². The number of aromatic nitrogens is 4. The molecule has 3 aromatic rings. The number of halogens is 1. The van der Waals surface area contributed by atoms with Crippen LogP contribution in [0.3, 0.4) is 0 Å². The van der Waals surface area contributed by atoms with Gasteiger partial charge in [-0.1, -0.05) is 29.0 Å². The second kappa shape index (κ2) is 4.84. The van der Waals surface area contributed by atoms with Gasteiger partial charge in [-0.05, 0) is 31.5 Å². The lowest BCUT2D eigenvalue weighted by Crippen LogP contribution is -2.12. The van der Waals surface area contributed by atoms with E-state index in [1.54, 1.807) is 23.6 Å². The largest absolute Gasteiger partial charge is 0.320 e. The minimum Gasteiger partial charge on any atom is -0.320 e. The molecule has 1 N–H and O–H groups in total. The highest BCUT2D eigenvalue weighted by Gasteiger charge is 2.15. The average molecular weight is 308 g/mol. The number of nitrogens with zero attached hydrogens (tertiary/aromatic N) is 4. The molecule has 0 aliphatic heterocycles. The van der Waals surface area contributed by atoms with Crippen LogP contribution in [0.4, 0.5) is 5.69 Å². The van der Waals surface area contributed by atoms with Crippen molar-refractivity contribution in [1.82, 2.24) is 19.8 Å². The zero-order valence-corrected chi connectivity index (χ0v) is 12.3. The Kier molecular flexibility index (Phi) is 3.15. The van der Waals surface area contributed by atoms with Crippen LogP contribution in [0.5, 0.6) is 0 Å². The fraction of sp³-hybridized carbons (Fsp3) is 0.167. The van der Waals surface area contributed by atoms with E-state index < -0.39 is 0 Å². The maximum atomic E-state index is 12.1. The number of benzene rings is 1. The molecule has 0 unspecified atom stereocenters. The number of carbonyl (C=O) groups is 1. The summed E-state index contributed by atoms with van der Waals surface area (Å²) in [5.74, 6) is 0.355. The standard InChI is InChI=1S/C12H10ClN5OS/c1-6-3-4-8(5-9(6)13)14-10(19)11-17-18-7(2)15-16-12(18)20-11/h3-5H,1-2H3,(H,14,19). The Morgan fingerprint density at radius 2 is 2.15 bits per heavy atom. The second-order valence-corrected chi connectivity index (χ2v) is 5.63. The van der Waals surface area contributed by atoms with E-state index in [0.29, 0.717) is 26.5 Å². The monoisotopic (exact) mass is 307 g/mol. The van der Waals surface area contributed by atoms with Gasteiger partial charge in [0.15, 0.2) is 5.82 Å². The van der Waals surface area contributed by atoms with E-state index in [1.807, 2.05) is 13.0 Å². The van der Waals surface area contributed by atoms with Gasteiger partial charge in [0.2, 0.25) is 9.97 Å². The van der Waals surface area contributed by atoms with Crippen molar-refractivity contribution in [1.29, 1.82) is 0 Å². The third-order valence-corrected chi connectivity index (χ3v) is 4.08. The van der Waals surface area contributed by atoms with Crippen molar-refractivity contribution in [2.24, 2.45) is 0 Å². The summed E-state index contributed by atoms with van der Waals surface area (Å²) < 4.78 is 1.54. The van der Waals surface area contributed by atoms with Gasteiger partial charge >= 0.3 is 0 Å². The smallest absolute Gasteiger partial charge is 0.286 e. The zero-order valence-electron chi connectivity index (χ0n) is 10.7. The summed E-state index contributed by atoms with van der Waals surface area (Å²) in [6.45, 7) is 3.68. The van der Waals surface area contributed by atoms with Crippen molar-refractivity contribution < 1.29 is 4.79 Å². The Morgan fingerprint density at radius 1 is 1.35 bits per heavy atom. The number of anilines is 1. The van der Waals surface area contributed by atoms with E-state index in [-0.39, 0.29) is 5.91 Å². The molecule has 0 fully saturated rings. The van der Waals surface area contributed by atoms with E-state index in [1.165, 1.54) is 11.3 Å². The summed E-state index contributed by atoms with van der Waals surface area (Å²) >= 11 is 7.21. The van der Waals surface area contributed by atoms with Crippen LogP contribution in [0.15, 0.2) is 18.2 Å². The highest BCUT2D eigenvalue weighted by molar-refractivity contribution is 7.18. The molecule has 1 amide bonds. The van der Waals surface area contributed by atoms with Gasteiger partial charge in [-0.25, -0.2) is 0 Å². The maximum Gasteiger partial charge on any atom is 0.286 e. The summed E-state index contributed by atoms with van der Waals surface area (Å²) in [4.78, 5) is 12.7. The van der Waals surface area contributed by atoms with Gasteiger partial charge in [-0.2, -0.15) is 4.52 Å². The van der Waals surface area contributed by atoms with Gasteiger partial charge in [-0.15, -0.1) is 15.3 Å². The van der Waals surface area contributed by atoms with E-state index in [4.69, 9.17) is 11.6 Å². The SMILES string of the molecule is Cc1ccc(NC(=O)c2nn3c(C)nnc3s2)cc1Cl. The van der Waals surface area contributed by atoms with Crippen LogP contribution >= 0.6 is 22.9 Å². The van der Waals surface area contributed by atoms with E-state index in [0.717, 1.165) is 5.56 Å². The lowest BCUT2D eigenvalue weighted by molar-refractivity contribution is 0.102. The molecule has 20 heavy (non-hydrogen) atoms. The first-order chi connectivity index (χ1) is 9.54. The first-order valence-electron chi connectivity index (χ1n) is 5.81. The third kappa shape index (κ3) is 2.25. The van der Waals surface area contributed by atoms with E-state index in [9.17, 15) is 4.79 Å². The quantitative estimate of drug-likeness (QED) is 0.790. The zero-order chi connectivity index (χ0) is 14.3. The molecule has 3 rings (SSSR count). The van der Waals surface area contributed by atoms with Crippen molar-refractivity contribution >= 4 is 39.5 Å². The fourth-order valence-corrected chi connectivity index (χ4v) is 2.62. The first-order valence-corrected chi connectivity index (χ1v) is 7.00. The second-order valence-electron chi connectivity index (χ2n) is 4.27. The molecule has 0 saturated carbocycles. The van der Waals surface area contributed by atoms with Gasteiger partial charge in [0.25, 0.3) is 5.91 Å². The van der Waals surface area contributed by atoms with E-state index >= 15 is 0 Å². The summed E-state index contributed by atoms with van der Waals surface area (Å²) in [6, 6.07) is 5.35. The molecule has 8 heteroatoms. The number of carbonyl (C=O) groups excluding carboxylic acids is 1. The lowest BCUT2D eigenvalue weighted by Gasteiger charge is -2.04. The van der Waals surface area contributed by atoms with Gasteiger partial charge in [-0.3, -0.25) is 4.79 Å². The molecule has 2 heterocycles. The molecule has 1 aromatic carbocycles. The number of amides is 1. The molecule has 0 aliphatic carbocycles. The Morgan fingerprint density at radius 3 is 2.85 bits per heavy atom. The number of hydrogen-bond donors (Lipinski definition) is 1. The topological polar surface area (TPSA) is 72.2 Å². The van der Waals surface area contributed by atoms with Crippen molar-refractivity contribution in [3.63, 3.8) is 0 Å². The third-order valence-electron chi connectivity index (χ3n) is 2.77. The number of hydrogen-bond acceptors (Lipinski definition) is 5. The number of rotatable bonds is 2. The van der Waals surface area contributed by atoms with Gasteiger partial charge < -0.3 is 5.32 Å². The van der Waals surface area contributed by atoms with Gasteiger partial charge in [0.05, 0.1) is 0 Å². The molecule has 0 spiro atoms. The molecular formula is C12H10ClN5OS. The minimum atomic E-state index is -0.292. The maximum absolute atomic E-state index is 12.1. The fourth-order valence-electron chi connectivity index (χ4n) is 1.66. The summed E-state index contributed by atoms with van der Waals surface area (Å²) in [6.07, 6.45) is 0. The van der Waals surface area contributed by atoms with Gasteiger partial charge in [0.1, 0.15) is 0 Å². The molecule has 0 aliphatic rings. The van der Waals surface area contributed by atoms with Crippen molar-refractivity contribution in [3.8, 4) is 0 Å². The van der Waals surface area contributed by atoms with Crippen LogP contribution in [0.2, 0.25) is 5.02 Å². The molecule has 102 valence electrons. The molecule has 6 nitrogen and oxygen atoms in total. The number of aryl methyl sites for hydroxylation is 2. The average Bonchev–Trinajstić information content (AvgIpc) is 2.97. The Hall–Kier alpha value is -1.99. The number of nitrogens with one attached hydrogen (secondary N) is 1. The normalized spacial score (nSPS) is 10.9. The lowest BCUT2D eigenvalue weighted by atomic mass is 10.2. The highest BCUT2D eigenvalue weighted by Crippen LogP contribution is 2.21. The van der Waals surface area contributed by atoms with Crippen molar-refractivity contribution in [3.05, 3.63) is 39.6 Å². The van der Waals surface area contributed by atoms with Crippen LogP contribution in [0.25, 0.3) is 4.96 Å². The Labute approximate surface area is 123 Å². The molecule has 0 bridgehead atoms. The van der Waals surface area contributed by atoms with Crippen molar-refractivity contribution in [2.45, 2.75) is 13.8 Å². The molecular weight excluding hydrogens is 298 g/mol. The Bertz CT molecular complexity index is 809. The summed E-state index contributed by atoms with van der Waals surface area (Å²) in [5.41, 5.74) is 1.59. The predicted octanol–water partition coefficient (Wildman–Crippen LogP) is 2.71. The molecule has 0 saturated heterocycles. The molecule has 0 radical (unpaired) electrons. The van der Waals surface area contributed by atoms with Crippen LogP contribution in [0, 0.1) is 13.8 Å². The predicted molar refractivity (Wildman–Crippen MR) is 77.5 cm³/mol. The minimum absolute atomic E-state index is 0.292. The number of fused-ring (bicyclic) bond motifs is 1. The molecule has 2 aromatic heterocycles. The molecule has 0 atom stereocenters. The van der Waals surface area contributed by atoms with Crippen molar-refractivity contribution in [2.75, 3.05) is 5.32 Å². The van der Waals surface area contributed by atoms with Crippen LogP contribution < -0.4 is 5.32 Å². The van der Waals surface area contributed by atoms with Crippen LogP contribution in [0.1, 0.15) is 21.2 Å². The summed E-state index contributed by atoms with van der Waals surface area (Å²) in [7, 11) is 0. The Balaban J connectivity index is 1.86. The first kappa shape index (κ1) is 13.0. The highest BCUT2D eigenvalue weighted by atomic mass is 35.5. The summed E-state index contributed by atoms with van der Waals surface area (Å²) in [5, 5.41) is 15.7. The van der Waals surface area contributed by atoms with Crippen LogP contribution in [-0.2, 0) is 0 Å².